The minimum atomic E-state index is -2.49. The molecule has 2 amide bonds. The molecule has 0 bridgehead atoms. The van der Waals surface area contributed by atoms with E-state index in [1.165, 1.54) is 37.4 Å². The molecule has 1 saturated heterocycles. The van der Waals surface area contributed by atoms with Crippen LogP contribution in [0.15, 0.2) is 36.5 Å². The maximum Gasteiger partial charge on any atom is 0.272 e. The van der Waals surface area contributed by atoms with Crippen LogP contribution in [0, 0.1) is 5.82 Å². The van der Waals surface area contributed by atoms with Crippen molar-refractivity contribution in [1.29, 1.82) is 0 Å². The molecule has 9 nitrogen and oxygen atoms in total. The van der Waals surface area contributed by atoms with Crippen LogP contribution in [0.3, 0.4) is 0 Å². The second-order valence-electron chi connectivity index (χ2n) is 6.20. The second kappa shape index (κ2) is 8.97. The van der Waals surface area contributed by atoms with Gasteiger partial charge >= 0.3 is 0 Å². The Balaban J connectivity index is 1.66. The molecular formula is C18H18FN4O5S-. The molecule has 1 aliphatic rings. The highest BCUT2D eigenvalue weighted by Crippen LogP contribution is 2.25. The first-order chi connectivity index (χ1) is 13.9. The minimum absolute atomic E-state index is 0.145. The summed E-state index contributed by atoms with van der Waals surface area (Å²) in [5.41, 5.74) is 0.704. The monoisotopic (exact) mass is 421 g/mol. The van der Waals surface area contributed by atoms with Crippen molar-refractivity contribution in [3.05, 3.63) is 53.6 Å². The molecule has 1 unspecified atom stereocenters. The molecule has 0 saturated carbocycles. The SMILES string of the molecule is COc1cc(NS(=O)[O-])ccc1C(=O)N1CCN(C(=O)c2ccc(F)cn2)CC1. The van der Waals surface area contributed by atoms with Crippen molar-refractivity contribution < 1.29 is 27.5 Å². The van der Waals surface area contributed by atoms with Crippen LogP contribution in [0.2, 0.25) is 0 Å². The Bertz CT molecular complexity index is 932. The second-order valence-corrected chi connectivity index (χ2v) is 6.87. The number of pyridine rings is 1. The summed E-state index contributed by atoms with van der Waals surface area (Å²) in [7, 11) is 1.39. The molecule has 1 aliphatic heterocycles. The Morgan fingerprint density at radius 2 is 1.79 bits per heavy atom. The number of nitrogens with one attached hydrogen (secondary N) is 1. The van der Waals surface area contributed by atoms with Gasteiger partial charge in [-0.25, -0.2) is 9.37 Å². The summed E-state index contributed by atoms with van der Waals surface area (Å²) in [4.78, 5) is 32.2. The topological polar surface area (TPSA) is 115 Å². The van der Waals surface area contributed by atoms with E-state index in [1.807, 2.05) is 0 Å². The van der Waals surface area contributed by atoms with Crippen LogP contribution in [-0.4, -0.2) is 68.6 Å². The Hall–Kier alpha value is -3.05. The summed E-state index contributed by atoms with van der Waals surface area (Å²) in [5.74, 6) is -0.896. The number of aromatic nitrogens is 1. The number of benzene rings is 1. The zero-order valence-electron chi connectivity index (χ0n) is 15.5. The van der Waals surface area contributed by atoms with E-state index in [4.69, 9.17) is 4.74 Å². The van der Waals surface area contributed by atoms with Gasteiger partial charge in [0.2, 0.25) is 0 Å². The molecule has 1 aromatic carbocycles. The molecule has 0 radical (unpaired) electrons. The first kappa shape index (κ1) is 20.7. The summed E-state index contributed by atoms with van der Waals surface area (Å²) in [6.45, 7) is 1.22. The largest absolute Gasteiger partial charge is 0.755 e. The Morgan fingerprint density at radius 3 is 2.34 bits per heavy atom. The van der Waals surface area contributed by atoms with Crippen LogP contribution >= 0.6 is 0 Å². The van der Waals surface area contributed by atoms with Gasteiger partial charge in [0.05, 0.1) is 18.9 Å². The Morgan fingerprint density at radius 1 is 1.14 bits per heavy atom. The number of carbonyl (C=O) groups is 2. The van der Waals surface area contributed by atoms with E-state index in [-0.39, 0.29) is 34.5 Å². The third kappa shape index (κ3) is 4.87. The average molecular weight is 421 g/mol. The van der Waals surface area contributed by atoms with Crippen molar-refractivity contribution in [1.82, 2.24) is 14.8 Å². The maximum absolute atomic E-state index is 13.0. The number of halogens is 1. The molecule has 11 heteroatoms. The molecule has 1 aromatic heterocycles. The molecule has 1 N–H and O–H groups in total. The van der Waals surface area contributed by atoms with Gasteiger partial charge in [0.25, 0.3) is 11.8 Å². The zero-order chi connectivity index (χ0) is 21.0. The third-order valence-electron chi connectivity index (χ3n) is 4.43. The third-order valence-corrected chi connectivity index (χ3v) is 4.84. The molecule has 0 aliphatic carbocycles. The van der Waals surface area contributed by atoms with Crippen LogP contribution in [0.25, 0.3) is 0 Å². The smallest absolute Gasteiger partial charge is 0.272 e. The first-order valence-electron chi connectivity index (χ1n) is 8.63. The highest BCUT2D eigenvalue weighted by molar-refractivity contribution is 7.80. The van der Waals surface area contributed by atoms with E-state index in [2.05, 4.69) is 9.71 Å². The fourth-order valence-electron chi connectivity index (χ4n) is 2.97. The summed E-state index contributed by atoms with van der Waals surface area (Å²) in [6, 6.07) is 6.86. The number of nitrogens with zero attached hydrogens (tertiary/aromatic N) is 3. The normalized spacial score (nSPS) is 15.0. The van der Waals surface area contributed by atoms with Crippen molar-refractivity contribution >= 4 is 28.8 Å². The maximum atomic E-state index is 13.0. The fraction of sp³-hybridized carbons (Fsp3) is 0.278. The molecule has 1 fully saturated rings. The van der Waals surface area contributed by atoms with Crippen LogP contribution in [0.5, 0.6) is 5.75 Å². The summed E-state index contributed by atoms with van der Waals surface area (Å²) >= 11 is -2.49. The number of anilines is 1. The van der Waals surface area contributed by atoms with E-state index in [1.54, 1.807) is 9.80 Å². The van der Waals surface area contributed by atoms with Crippen LogP contribution in [-0.2, 0) is 11.3 Å². The summed E-state index contributed by atoms with van der Waals surface area (Å²) in [5, 5.41) is 0. The van der Waals surface area contributed by atoms with Gasteiger partial charge in [0, 0.05) is 49.2 Å². The highest BCUT2D eigenvalue weighted by Gasteiger charge is 2.27. The van der Waals surface area contributed by atoms with E-state index in [9.17, 15) is 22.7 Å². The van der Waals surface area contributed by atoms with Gasteiger partial charge in [0.1, 0.15) is 17.3 Å². The van der Waals surface area contributed by atoms with E-state index in [0.717, 1.165) is 6.20 Å². The predicted molar refractivity (Wildman–Crippen MR) is 102 cm³/mol. The summed E-state index contributed by atoms with van der Waals surface area (Å²) < 4.78 is 41.9. The van der Waals surface area contributed by atoms with Gasteiger partial charge in [-0.15, -0.1) is 0 Å². The highest BCUT2D eigenvalue weighted by atomic mass is 32.2. The number of methoxy groups -OCH3 is 1. The molecule has 3 rings (SSSR count). The fourth-order valence-corrected chi connectivity index (χ4v) is 3.29. The number of amides is 2. The van der Waals surface area contributed by atoms with Crippen molar-refractivity contribution in [2.45, 2.75) is 0 Å². The van der Waals surface area contributed by atoms with Gasteiger partial charge in [-0.05, 0) is 24.3 Å². The lowest BCUT2D eigenvalue weighted by atomic mass is 10.1. The van der Waals surface area contributed by atoms with Gasteiger partial charge in [-0.1, -0.05) is 0 Å². The lowest BCUT2D eigenvalue weighted by Crippen LogP contribution is -2.50. The molecule has 29 heavy (non-hydrogen) atoms. The number of hydrogen-bond donors (Lipinski definition) is 1. The molecule has 0 spiro atoms. The van der Waals surface area contributed by atoms with E-state index >= 15 is 0 Å². The molecule has 154 valence electrons. The van der Waals surface area contributed by atoms with Crippen LogP contribution in [0.4, 0.5) is 10.1 Å². The minimum Gasteiger partial charge on any atom is -0.755 e. The molecule has 2 aromatic rings. The van der Waals surface area contributed by atoms with E-state index < -0.39 is 17.1 Å². The Kier molecular flexibility index (Phi) is 6.39. The van der Waals surface area contributed by atoms with Gasteiger partial charge in [0.15, 0.2) is 0 Å². The number of hydrogen-bond acceptors (Lipinski definition) is 6. The van der Waals surface area contributed by atoms with Crippen molar-refractivity contribution in [2.24, 2.45) is 0 Å². The Labute approximate surface area is 168 Å². The van der Waals surface area contributed by atoms with Crippen molar-refractivity contribution in [3.63, 3.8) is 0 Å². The van der Waals surface area contributed by atoms with Crippen LogP contribution < -0.4 is 9.46 Å². The molecular weight excluding hydrogens is 403 g/mol. The quantitative estimate of drug-likeness (QED) is 0.722. The van der Waals surface area contributed by atoms with Crippen LogP contribution in [0.1, 0.15) is 20.8 Å². The lowest BCUT2D eigenvalue weighted by Gasteiger charge is -2.34. The standard InChI is InChI=1S/C18H19FN4O5S/c1-28-16-10-13(21-29(26)27)3-4-14(16)17(24)22-6-8-23(9-7-22)18(25)15-5-2-12(19)11-20-15/h2-5,10-11,21H,6-9H2,1H3,(H,26,27)/p-1. The van der Waals surface area contributed by atoms with E-state index in [0.29, 0.717) is 26.2 Å². The average Bonchev–Trinajstić information content (AvgIpc) is 2.73. The number of carbonyl (C=O) groups excluding carboxylic acids is 2. The zero-order valence-corrected chi connectivity index (χ0v) is 16.3. The number of piperazine rings is 1. The predicted octanol–water partition coefficient (Wildman–Crippen LogP) is 1.03. The lowest BCUT2D eigenvalue weighted by molar-refractivity contribution is 0.0530. The number of rotatable bonds is 5. The van der Waals surface area contributed by atoms with Gasteiger partial charge in [-0.3, -0.25) is 13.8 Å². The van der Waals surface area contributed by atoms with Crippen molar-refractivity contribution in [3.8, 4) is 5.75 Å². The molecule has 2 heterocycles. The van der Waals surface area contributed by atoms with Crippen molar-refractivity contribution in [2.75, 3.05) is 38.0 Å². The first-order valence-corrected chi connectivity index (χ1v) is 9.70. The van der Waals surface area contributed by atoms with Gasteiger partial charge in [-0.2, -0.15) is 0 Å². The summed E-state index contributed by atoms with van der Waals surface area (Å²) in [6.07, 6.45) is 0.986. The molecule has 1 atom stereocenters. The van der Waals surface area contributed by atoms with Gasteiger partial charge < -0.3 is 23.8 Å². The number of ether oxygens (including phenoxy) is 1.